The molecule has 0 aliphatic carbocycles. The number of pyridine rings is 1. The van der Waals surface area contributed by atoms with Crippen LogP contribution in [0.2, 0.25) is 0 Å². The lowest BCUT2D eigenvalue weighted by atomic mass is 10.0. The molecule has 13 heteroatoms. The largest absolute Gasteiger partial charge is 0.437 e. The lowest BCUT2D eigenvalue weighted by Gasteiger charge is -2.35. The third-order valence-electron chi connectivity index (χ3n) is 8.74. The van der Waals surface area contributed by atoms with Crippen LogP contribution in [0.25, 0.3) is 0 Å². The maximum atomic E-state index is 14.0. The molecule has 0 radical (unpaired) electrons. The molecule has 0 spiro atoms. The first kappa shape index (κ1) is 33.1. The van der Waals surface area contributed by atoms with Crippen molar-refractivity contribution in [2.45, 2.75) is 44.4 Å². The molecule has 252 valence electrons. The van der Waals surface area contributed by atoms with Crippen LogP contribution in [-0.4, -0.2) is 76.8 Å². The molecule has 48 heavy (non-hydrogen) atoms. The highest BCUT2D eigenvalue weighted by molar-refractivity contribution is 5.96. The number of piperidine rings is 1. The number of anilines is 2. The Kier molecular flexibility index (Phi) is 10.0. The summed E-state index contributed by atoms with van der Waals surface area (Å²) in [4.78, 5) is 39.8. The fourth-order valence-electron chi connectivity index (χ4n) is 6.09. The average molecular weight is 665 g/mol. The summed E-state index contributed by atoms with van der Waals surface area (Å²) in [5.41, 5.74) is 0.632. The Labute approximate surface area is 275 Å². The summed E-state index contributed by atoms with van der Waals surface area (Å²) in [6, 6.07) is 19.2. The van der Waals surface area contributed by atoms with E-state index in [2.05, 4.69) is 32.3 Å². The van der Waals surface area contributed by atoms with E-state index in [4.69, 9.17) is 4.42 Å². The van der Waals surface area contributed by atoms with Crippen molar-refractivity contribution in [3.63, 3.8) is 0 Å². The van der Waals surface area contributed by atoms with Gasteiger partial charge in [-0.3, -0.25) is 14.5 Å². The molecule has 2 aliphatic rings. The number of amides is 1. The molecule has 9 nitrogen and oxygen atoms in total. The second kappa shape index (κ2) is 14.5. The summed E-state index contributed by atoms with van der Waals surface area (Å²) >= 11 is 0. The Bertz CT molecular complexity index is 1700. The molecular weight excluding hydrogens is 628 g/mol. The summed E-state index contributed by atoms with van der Waals surface area (Å²) in [6.45, 7) is 4.20. The molecule has 0 saturated carbocycles. The topological polar surface area (TPSA) is 94.8 Å². The van der Waals surface area contributed by atoms with Gasteiger partial charge in [-0.2, -0.15) is 18.2 Å². The van der Waals surface area contributed by atoms with Gasteiger partial charge in [0.1, 0.15) is 11.6 Å². The number of ketones is 1. The fraction of sp³-hybridized carbons (Fsp3) is 0.371. The van der Waals surface area contributed by atoms with Crippen molar-refractivity contribution in [3.05, 3.63) is 107 Å². The van der Waals surface area contributed by atoms with Crippen molar-refractivity contribution in [3.8, 4) is 0 Å². The number of piperazine rings is 1. The zero-order valence-electron chi connectivity index (χ0n) is 26.3. The molecule has 4 heterocycles. The molecule has 2 fully saturated rings. The molecule has 2 aliphatic heterocycles. The van der Waals surface area contributed by atoms with E-state index < -0.39 is 29.2 Å². The van der Waals surface area contributed by atoms with Crippen LogP contribution in [0.1, 0.15) is 45.8 Å². The quantitative estimate of drug-likeness (QED) is 0.173. The van der Waals surface area contributed by atoms with Crippen LogP contribution < -0.4 is 10.2 Å². The predicted molar refractivity (Wildman–Crippen MR) is 171 cm³/mol. The average Bonchev–Trinajstić information content (AvgIpc) is 3.53. The van der Waals surface area contributed by atoms with Gasteiger partial charge < -0.3 is 19.5 Å². The number of halogens is 4. The third-order valence-corrected chi connectivity index (χ3v) is 8.74. The van der Waals surface area contributed by atoms with Gasteiger partial charge in [0.05, 0.1) is 6.42 Å². The molecule has 1 N–H and O–H groups in total. The van der Waals surface area contributed by atoms with Gasteiger partial charge in [-0.25, -0.2) is 9.37 Å². The number of hydrogen-bond donors (Lipinski definition) is 1. The number of aromatic nitrogens is 2. The number of oxazole rings is 1. The molecule has 0 bridgehead atoms. The maximum absolute atomic E-state index is 14.0. The third kappa shape index (κ3) is 8.19. The minimum Gasteiger partial charge on any atom is -0.420 e. The van der Waals surface area contributed by atoms with Gasteiger partial charge in [0.2, 0.25) is 17.5 Å². The van der Waals surface area contributed by atoms with E-state index in [-0.39, 0.29) is 30.8 Å². The summed E-state index contributed by atoms with van der Waals surface area (Å²) in [5, 5.41) is 2.97. The molecule has 2 aromatic carbocycles. The van der Waals surface area contributed by atoms with E-state index in [1.807, 2.05) is 23.1 Å². The number of alkyl halides is 3. The van der Waals surface area contributed by atoms with Crippen LogP contribution in [0.15, 0.2) is 77.3 Å². The second-order valence-electron chi connectivity index (χ2n) is 12.1. The molecule has 0 unspecified atom stereocenters. The highest BCUT2D eigenvalue weighted by atomic mass is 19.4. The summed E-state index contributed by atoms with van der Waals surface area (Å²) in [5.74, 6) is -1.63. The SMILES string of the molecule is O=C(Cc1ccc(N2CCN(C(=O)Cc3ccccc3F)CC2)nc1)c1oc(NC2CCN(Cc3ccccc3)CC2)nc1C(F)(F)F. The zero-order chi connectivity index (χ0) is 33.7. The molecule has 0 atom stereocenters. The van der Waals surface area contributed by atoms with E-state index in [1.54, 1.807) is 35.2 Å². The Balaban J connectivity index is 1.02. The Morgan fingerprint density at radius 1 is 0.854 bits per heavy atom. The predicted octanol–water partition coefficient (Wildman–Crippen LogP) is 5.62. The molecule has 4 aromatic rings. The van der Waals surface area contributed by atoms with Gasteiger partial charge in [-0.1, -0.05) is 54.6 Å². The van der Waals surface area contributed by atoms with Gasteiger partial charge in [0, 0.05) is 64.5 Å². The molecule has 6 rings (SSSR count). The van der Waals surface area contributed by atoms with E-state index in [1.165, 1.54) is 17.8 Å². The normalized spacial score (nSPS) is 16.2. The second-order valence-corrected chi connectivity index (χ2v) is 12.1. The van der Waals surface area contributed by atoms with Crippen molar-refractivity contribution < 1.29 is 31.6 Å². The van der Waals surface area contributed by atoms with E-state index in [0.29, 0.717) is 56.0 Å². The lowest BCUT2D eigenvalue weighted by Crippen LogP contribution is -2.49. The van der Waals surface area contributed by atoms with Crippen LogP contribution in [0.5, 0.6) is 0 Å². The fourth-order valence-corrected chi connectivity index (χ4v) is 6.09. The van der Waals surface area contributed by atoms with Gasteiger partial charge in [-0.05, 0) is 41.7 Å². The smallest absolute Gasteiger partial charge is 0.420 e. The maximum Gasteiger partial charge on any atom is 0.437 e. The van der Waals surface area contributed by atoms with E-state index >= 15 is 0 Å². The number of carbonyl (C=O) groups excluding carboxylic acids is 2. The van der Waals surface area contributed by atoms with Crippen LogP contribution in [-0.2, 0) is 30.4 Å². The minimum atomic E-state index is -4.87. The molecular formula is C35H36F4N6O3. The number of nitrogens with one attached hydrogen (secondary N) is 1. The molecule has 2 aromatic heterocycles. The Morgan fingerprint density at radius 3 is 2.23 bits per heavy atom. The number of nitrogens with zero attached hydrogens (tertiary/aromatic N) is 5. The summed E-state index contributed by atoms with van der Waals surface area (Å²) in [6.07, 6.45) is -2.39. The first-order valence-electron chi connectivity index (χ1n) is 16.0. The Morgan fingerprint density at radius 2 is 1.56 bits per heavy atom. The number of benzene rings is 2. The number of carbonyl (C=O) groups is 2. The zero-order valence-corrected chi connectivity index (χ0v) is 26.3. The summed E-state index contributed by atoms with van der Waals surface area (Å²) in [7, 11) is 0. The molecule has 2 saturated heterocycles. The number of hydrogen-bond acceptors (Lipinski definition) is 8. The first-order chi connectivity index (χ1) is 23.1. The van der Waals surface area contributed by atoms with Crippen molar-refractivity contribution in [2.24, 2.45) is 0 Å². The van der Waals surface area contributed by atoms with Crippen LogP contribution in [0.4, 0.5) is 29.4 Å². The number of Topliss-reactive ketones (excluding diaryl/α,β-unsaturated/α-hetero) is 1. The van der Waals surface area contributed by atoms with Gasteiger partial charge in [-0.15, -0.1) is 0 Å². The van der Waals surface area contributed by atoms with Crippen molar-refractivity contribution in [1.29, 1.82) is 0 Å². The summed E-state index contributed by atoms with van der Waals surface area (Å²) < 4.78 is 61.0. The highest BCUT2D eigenvalue weighted by Crippen LogP contribution is 2.34. The van der Waals surface area contributed by atoms with Crippen molar-refractivity contribution in [1.82, 2.24) is 19.8 Å². The standard InChI is InChI=1S/C35H36F4N6O3/c36-28-9-5-4-8-26(28)21-31(47)45-18-16-44(17-19-45)30-11-10-25(22-40-30)20-29(46)32-33(35(37,38)39)42-34(48-32)41-27-12-14-43(15-13-27)23-24-6-2-1-3-7-24/h1-11,22,27H,12-21,23H2,(H,41,42). The van der Waals surface area contributed by atoms with E-state index in [9.17, 15) is 27.2 Å². The number of likely N-dealkylation sites (tertiary alicyclic amines) is 1. The van der Waals surface area contributed by atoms with Crippen molar-refractivity contribution in [2.75, 3.05) is 49.5 Å². The Hall–Kier alpha value is -4.78. The lowest BCUT2D eigenvalue weighted by molar-refractivity contribution is -0.141. The van der Waals surface area contributed by atoms with Crippen molar-refractivity contribution >= 4 is 23.5 Å². The highest BCUT2D eigenvalue weighted by Gasteiger charge is 2.41. The van der Waals surface area contributed by atoms with Gasteiger partial charge in [0.25, 0.3) is 6.01 Å². The van der Waals surface area contributed by atoms with Crippen LogP contribution >= 0.6 is 0 Å². The number of rotatable bonds is 10. The van der Waals surface area contributed by atoms with Gasteiger partial charge in [0.15, 0.2) is 5.69 Å². The molecule has 1 amide bonds. The monoisotopic (exact) mass is 664 g/mol. The van der Waals surface area contributed by atoms with Gasteiger partial charge >= 0.3 is 6.18 Å². The minimum absolute atomic E-state index is 0.0129. The first-order valence-corrected chi connectivity index (χ1v) is 16.0. The van der Waals surface area contributed by atoms with Crippen LogP contribution in [0.3, 0.4) is 0 Å². The van der Waals surface area contributed by atoms with E-state index in [0.717, 1.165) is 19.6 Å². The van der Waals surface area contributed by atoms with Crippen LogP contribution in [0, 0.1) is 5.82 Å².